The first kappa shape index (κ1) is 10.6. The van der Waals surface area contributed by atoms with Gasteiger partial charge >= 0.3 is 0 Å². The molecule has 0 bridgehead atoms. The first-order chi connectivity index (χ1) is 6.77. The fourth-order valence-corrected chi connectivity index (χ4v) is 3.55. The number of hydrogen-bond acceptors (Lipinski definition) is 3. The summed E-state index contributed by atoms with van der Waals surface area (Å²) in [5.74, 6) is 0. The molecule has 0 amide bonds. The number of thiophene rings is 1. The zero-order valence-electron chi connectivity index (χ0n) is 8.08. The van der Waals surface area contributed by atoms with Crippen molar-refractivity contribution in [2.75, 3.05) is 19.6 Å². The average Bonchev–Trinajstić information content (AvgIpc) is 2.75. The van der Waals surface area contributed by atoms with Crippen LogP contribution in [0.1, 0.15) is 24.4 Å². The van der Waals surface area contributed by atoms with Crippen LogP contribution in [0, 0.1) is 0 Å². The molecule has 4 heteroatoms. The number of nitrogens with zero attached hydrogens (tertiary/aromatic N) is 1. The summed E-state index contributed by atoms with van der Waals surface area (Å²) >= 11 is 5.24. The molecule has 0 aromatic carbocycles. The van der Waals surface area contributed by atoms with Crippen molar-refractivity contribution in [3.05, 3.63) is 20.8 Å². The van der Waals surface area contributed by atoms with Crippen LogP contribution in [0.5, 0.6) is 0 Å². The highest BCUT2D eigenvalue weighted by atomic mass is 79.9. The number of hydrogen-bond donors (Lipinski definition) is 1. The topological polar surface area (TPSA) is 29.3 Å². The molecule has 2 heterocycles. The quantitative estimate of drug-likeness (QED) is 0.918. The Morgan fingerprint density at radius 2 is 2.14 bits per heavy atom. The van der Waals surface area contributed by atoms with Gasteiger partial charge in [-0.25, -0.2) is 0 Å². The maximum atomic E-state index is 6.16. The Hall–Kier alpha value is 0.100. The van der Waals surface area contributed by atoms with E-state index in [0.29, 0.717) is 0 Å². The molecule has 1 aromatic heterocycles. The van der Waals surface area contributed by atoms with Gasteiger partial charge in [0, 0.05) is 22.4 Å². The first-order valence-electron chi connectivity index (χ1n) is 4.97. The van der Waals surface area contributed by atoms with Crippen molar-refractivity contribution in [1.82, 2.24) is 4.90 Å². The lowest BCUT2D eigenvalue weighted by Crippen LogP contribution is -2.29. The van der Waals surface area contributed by atoms with Crippen molar-refractivity contribution < 1.29 is 0 Å². The molecule has 1 aliphatic heterocycles. The monoisotopic (exact) mass is 274 g/mol. The minimum absolute atomic E-state index is 0.161. The third-order valence-corrected chi connectivity index (χ3v) is 4.45. The van der Waals surface area contributed by atoms with E-state index < -0.39 is 0 Å². The van der Waals surface area contributed by atoms with Crippen molar-refractivity contribution in [3.63, 3.8) is 0 Å². The van der Waals surface area contributed by atoms with E-state index >= 15 is 0 Å². The summed E-state index contributed by atoms with van der Waals surface area (Å²) in [6.45, 7) is 3.43. The lowest BCUT2D eigenvalue weighted by Gasteiger charge is -2.19. The highest BCUT2D eigenvalue weighted by Crippen LogP contribution is 2.27. The van der Waals surface area contributed by atoms with Gasteiger partial charge in [0.1, 0.15) is 0 Å². The van der Waals surface area contributed by atoms with Crippen molar-refractivity contribution >= 4 is 27.3 Å². The number of halogens is 1. The van der Waals surface area contributed by atoms with Gasteiger partial charge in [-0.1, -0.05) is 0 Å². The van der Waals surface area contributed by atoms with Crippen molar-refractivity contribution in [3.8, 4) is 0 Å². The summed E-state index contributed by atoms with van der Waals surface area (Å²) in [7, 11) is 0. The highest BCUT2D eigenvalue weighted by Gasteiger charge is 2.17. The third-order valence-electron chi connectivity index (χ3n) is 2.70. The van der Waals surface area contributed by atoms with Crippen molar-refractivity contribution in [2.45, 2.75) is 18.9 Å². The molecule has 0 radical (unpaired) electrons. The maximum absolute atomic E-state index is 6.16. The predicted molar refractivity (Wildman–Crippen MR) is 64.6 cm³/mol. The van der Waals surface area contributed by atoms with Gasteiger partial charge in [-0.3, -0.25) is 0 Å². The molecule has 2 nitrogen and oxygen atoms in total. The highest BCUT2D eigenvalue weighted by molar-refractivity contribution is 9.10. The molecular formula is C10H15BrN2S. The summed E-state index contributed by atoms with van der Waals surface area (Å²) in [4.78, 5) is 2.45. The minimum Gasteiger partial charge on any atom is -0.323 e. The molecule has 2 rings (SSSR count). The van der Waals surface area contributed by atoms with Crippen LogP contribution >= 0.6 is 27.3 Å². The molecule has 0 saturated carbocycles. The van der Waals surface area contributed by atoms with Crippen LogP contribution < -0.4 is 5.73 Å². The van der Waals surface area contributed by atoms with Crippen LogP contribution in [0.3, 0.4) is 0 Å². The Bertz CT molecular complexity index is 294. The van der Waals surface area contributed by atoms with Gasteiger partial charge in [-0.05, 0) is 52.8 Å². The van der Waals surface area contributed by atoms with Crippen molar-refractivity contribution in [1.29, 1.82) is 0 Å². The Morgan fingerprint density at radius 3 is 2.71 bits per heavy atom. The SMILES string of the molecule is NC(CN1CCCC1)c1cscc1Br. The smallest absolute Gasteiger partial charge is 0.0443 e. The Balaban J connectivity index is 1.95. The molecule has 1 unspecified atom stereocenters. The summed E-state index contributed by atoms with van der Waals surface area (Å²) in [6.07, 6.45) is 2.66. The summed E-state index contributed by atoms with van der Waals surface area (Å²) in [5.41, 5.74) is 7.41. The first-order valence-corrected chi connectivity index (χ1v) is 6.70. The molecular weight excluding hydrogens is 260 g/mol. The molecule has 78 valence electrons. The number of nitrogens with two attached hydrogens (primary N) is 1. The molecule has 1 atom stereocenters. The average molecular weight is 275 g/mol. The van der Waals surface area contributed by atoms with Crippen LogP contribution in [-0.2, 0) is 0 Å². The van der Waals surface area contributed by atoms with Gasteiger partial charge in [-0.15, -0.1) is 0 Å². The van der Waals surface area contributed by atoms with Crippen LogP contribution in [0.25, 0.3) is 0 Å². The zero-order chi connectivity index (χ0) is 9.97. The molecule has 14 heavy (non-hydrogen) atoms. The van der Waals surface area contributed by atoms with E-state index in [9.17, 15) is 0 Å². The van der Waals surface area contributed by atoms with Gasteiger partial charge < -0.3 is 10.6 Å². The number of rotatable bonds is 3. The van der Waals surface area contributed by atoms with E-state index in [-0.39, 0.29) is 6.04 Å². The normalized spacial score (nSPS) is 20.1. The molecule has 2 N–H and O–H groups in total. The van der Waals surface area contributed by atoms with Crippen LogP contribution in [0.15, 0.2) is 15.2 Å². The second-order valence-corrected chi connectivity index (χ2v) is 5.39. The van der Waals surface area contributed by atoms with Gasteiger partial charge in [-0.2, -0.15) is 11.3 Å². The second-order valence-electron chi connectivity index (χ2n) is 3.79. The maximum Gasteiger partial charge on any atom is 0.0443 e. The number of likely N-dealkylation sites (tertiary alicyclic amines) is 1. The van der Waals surface area contributed by atoms with Gasteiger partial charge in [0.15, 0.2) is 0 Å². The summed E-state index contributed by atoms with van der Waals surface area (Å²) < 4.78 is 1.16. The molecule has 1 fully saturated rings. The molecule has 0 aliphatic carbocycles. The Kier molecular flexibility index (Phi) is 3.60. The fraction of sp³-hybridized carbons (Fsp3) is 0.600. The Morgan fingerprint density at radius 1 is 1.43 bits per heavy atom. The largest absolute Gasteiger partial charge is 0.323 e. The van der Waals surface area contributed by atoms with Crippen LogP contribution in [-0.4, -0.2) is 24.5 Å². The Labute approximate surface area is 97.2 Å². The lowest BCUT2D eigenvalue weighted by molar-refractivity contribution is 0.316. The minimum atomic E-state index is 0.161. The van der Waals surface area contributed by atoms with E-state index in [1.54, 1.807) is 11.3 Å². The van der Waals surface area contributed by atoms with Crippen molar-refractivity contribution in [2.24, 2.45) is 5.73 Å². The van der Waals surface area contributed by atoms with E-state index in [2.05, 4.69) is 31.6 Å². The van der Waals surface area contributed by atoms with E-state index in [1.165, 1.54) is 31.5 Å². The molecule has 1 aromatic rings. The fourth-order valence-electron chi connectivity index (χ4n) is 1.90. The van der Waals surface area contributed by atoms with Gasteiger partial charge in [0.2, 0.25) is 0 Å². The molecule has 1 saturated heterocycles. The van der Waals surface area contributed by atoms with E-state index in [4.69, 9.17) is 5.73 Å². The van der Waals surface area contributed by atoms with E-state index in [0.717, 1.165) is 11.0 Å². The van der Waals surface area contributed by atoms with Gasteiger partial charge in [0.05, 0.1) is 0 Å². The summed E-state index contributed by atoms with van der Waals surface area (Å²) in [6, 6.07) is 0.161. The predicted octanol–water partition coefficient (Wildman–Crippen LogP) is 2.61. The second kappa shape index (κ2) is 4.75. The lowest BCUT2D eigenvalue weighted by atomic mass is 10.1. The van der Waals surface area contributed by atoms with Crippen LogP contribution in [0.2, 0.25) is 0 Å². The molecule has 0 spiro atoms. The van der Waals surface area contributed by atoms with Crippen LogP contribution in [0.4, 0.5) is 0 Å². The third kappa shape index (κ3) is 2.37. The molecule has 1 aliphatic rings. The standard InChI is InChI=1S/C10H15BrN2S/c11-9-7-14-6-8(9)10(12)5-13-3-1-2-4-13/h6-7,10H,1-5,12H2. The summed E-state index contributed by atoms with van der Waals surface area (Å²) in [5, 5.41) is 4.24. The zero-order valence-corrected chi connectivity index (χ0v) is 10.5. The van der Waals surface area contributed by atoms with Gasteiger partial charge in [0.25, 0.3) is 0 Å². The van der Waals surface area contributed by atoms with E-state index in [1.807, 2.05) is 0 Å².